The Hall–Kier alpha value is -1.42. The fraction of sp³-hybridized carbons (Fsp3) is 0.364. The van der Waals surface area contributed by atoms with E-state index in [1.807, 2.05) is 6.92 Å². The van der Waals surface area contributed by atoms with Crippen molar-refractivity contribution in [2.24, 2.45) is 0 Å². The summed E-state index contributed by atoms with van der Waals surface area (Å²) >= 11 is 5.89. The van der Waals surface area contributed by atoms with Gasteiger partial charge in [0.15, 0.2) is 0 Å². The van der Waals surface area contributed by atoms with Crippen molar-refractivity contribution < 1.29 is 4.79 Å². The Morgan fingerprint density at radius 2 is 2.19 bits per heavy atom. The molecule has 0 unspecified atom stereocenters. The lowest BCUT2D eigenvalue weighted by Crippen LogP contribution is -2.30. The molecule has 0 radical (unpaired) electrons. The number of nitrogens with two attached hydrogens (primary N) is 1. The predicted octanol–water partition coefficient (Wildman–Crippen LogP) is 2.51. The first-order chi connectivity index (χ1) is 7.56. The van der Waals surface area contributed by atoms with E-state index < -0.39 is 0 Å². The van der Waals surface area contributed by atoms with Crippen LogP contribution in [0.3, 0.4) is 0 Å². The van der Waals surface area contributed by atoms with E-state index >= 15 is 0 Å². The van der Waals surface area contributed by atoms with Crippen LogP contribution in [0.4, 0.5) is 16.2 Å². The van der Waals surface area contributed by atoms with Crippen LogP contribution >= 0.6 is 11.6 Å². The molecule has 4 N–H and O–H groups in total. The van der Waals surface area contributed by atoms with Crippen LogP contribution in [0.5, 0.6) is 0 Å². The predicted molar refractivity (Wildman–Crippen MR) is 65.8 cm³/mol. The standard InChI is InChI=1S/C11H14ClN3O/c1-6-4-9(13)8(12)5-10(6)15-11(16)14-7-2-3-7/h4-5,7H,2-3,13H2,1H3,(H2,14,15,16). The van der Waals surface area contributed by atoms with Gasteiger partial charge in [0.2, 0.25) is 0 Å². The molecule has 5 heteroatoms. The number of nitrogen functional groups attached to an aromatic ring is 1. The summed E-state index contributed by atoms with van der Waals surface area (Å²) in [6.07, 6.45) is 2.13. The van der Waals surface area contributed by atoms with E-state index in [-0.39, 0.29) is 6.03 Å². The monoisotopic (exact) mass is 239 g/mol. The summed E-state index contributed by atoms with van der Waals surface area (Å²) in [6.45, 7) is 1.87. The van der Waals surface area contributed by atoms with Crippen LogP contribution in [0.15, 0.2) is 12.1 Å². The highest BCUT2D eigenvalue weighted by Gasteiger charge is 2.23. The van der Waals surface area contributed by atoms with Crippen molar-refractivity contribution in [2.45, 2.75) is 25.8 Å². The van der Waals surface area contributed by atoms with Gasteiger partial charge in [0.1, 0.15) is 0 Å². The van der Waals surface area contributed by atoms with Gasteiger partial charge in [-0.05, 0) is 37.5 Å². The molecule has 2 rings (SSSR count). The number of urea groups is 1. The minimum atomic E-state index is -0.188. The highest BCUT2D eigenvalue weighted by atomic mass is 35.5. The Kier molecular flexibility index (Phi) is 2.92. The number of carbonyl (C=O) groups is 1. The second-order valence-electron chi connectivity index (χ2n) is 4.06. The van der Waals surface area contributed by atoms with Gasteiger partial charge in [-0.2, -0.15) is 0 Å². The summed E-state index contributed by atoms with van der Waals surface area (Å²) in [7, 11) is 0. The Balaban J connectivity index is 2.07. The Bertz CT molecular complexity index is 429. The molecule has 2 amide bonds. The number of hydrogen-bond donors (Lipinski definition) is 3. The van der Waals surface area contributed by atoms with Gasteiger partial charge in [-0.3, -0.25) is 0 Å². The van der Waals surface area contributed by atoms with Crippen molar-refractivity contribution in [3.05, 3.63) is 22.7 Å². The minimum absolute atomic E-state index is 0.188. The van der Waals surface area contributed by atoms with Gasteiger partial charge >= 0.3 is 6.03 Å². The number of nitrogens with one attached hydrogen (secondary N) is 2. The highest BCUT2D eigenvalue weighted by molar-refractivity contribution is 6.33. The SMILES string of the molecule is Cc1cc(N)c(Cl)cc1NC(=O)NC1CC1. The molecule has 1 aromatic rings. The molecule has 0 heterocycles. The smallest absolute Gasteiger partial charge is 0.319 e. The van der Waals surface area contributed by atoms with E-state index in [9.17, 15) is 4.79 Å². The fourth-order valence-electron chi connectivity index (χ4n) is 1.41. The number of aryl methyl sites for hydroxylation is 1. The first-order valence-corrected chi connectivity index (χ1v) is 5.57. The zero-order chi connectivity index (χ0) is 11.7. The number of hydrogen-bond acceptors (Lipinski definition) is 2. The Morgan fingerprint density at radius 1 is 1.50 bits per heavy atom. The second-order valence-corrected chi connectivity index (χ2v) is 4.47. The molecule has 0 aromatic heterocycles. The van der Waals surface area contributed by atoms with Gasteiger partial charge in [-0.25, -0.2) is 4.79 Å². The zero-order valence-corrected chi connectivity index (χ0v) is 9.77. The summed E-state index contributed by atoms with van der Waals surface area (Å²) in [5.74, 6) is 0. The molecular weight excluding hydrogens is 226 g/mol. The van der Waals surface area contributed by atoms with Crippen LogP contribution in [0, 0.1) is 6.92 Å². The fourth-order valence-corrected chi connectivity index (χ4v) is 1.57. The van der Waals surface area contributed by atoms with Gasteiger partial charge in [0, 0.05) is 11.7 Å². The molecular formula is C11H14ClN3O. The normalized spacial score (nSPS) is 14.6. The number of halogens is 1. The first kappa shape index (κ1) is 11.1. The number of anilines is 2. The molecule has 1 saturated carbocycles. The topological polar surface area (TPSA) is 67.1 Å². The minimum Gasteiger partial charge on any atom is -0.398 e. The van der Waals surface area contributed by atoms with Gasteiger partial charge in [0.05, 0.1) is 10.7 Å². The molecule has 0 aliphatic heterocycles. The van der Waals surface area contributed by atoms with Gasteiger partial charge < -0.3 is 16.4 Å². The third-order valence-electron chi connectivity index (χ3n) is 2.50. The maximum Gasteiger partial charge on any atom is 0.319 e. The molecule has 1 aromatic carbocycles. The van der Waals surface area contributed by atoms with Gasteiger partial charge in [-0.1, -0.05) is 11.6 Å². The van der Waals surface area contributed by atoms with Crippen molar-refractivity contribution >= 4 is 29.0 Å². The van der Waals surface area contributed by atoms with Crippen molar-refractivity contribution in [2.75, 3.05) is 11.1 Å². The third-order valence-corrected chi connectivity index (χ3v) is 2.83. The van der Waals surface area contributed by atoms with E-state index in [0.717, 1.165) is 18.4 Å². The lowest BCUT2D eigenvalue weighted by atomic mass is 10.2. The summed E-state index contributed by atoms with van der Waals surface area (Å²) in [4.78, 5) is 11.5. The third kappa shape index (κ3) is 2.58. The van der Waals surface area contributed by atoms with E-state index in [1.165, 1.54) is 0 Å². The molecule has 0 bridgehead atoms. The summed E-state index contributed by atoms with van der Waals surface area (Å²) in [5, 5.41) is 6.05. The van der Waals surface area contributed by atoms with E-state index in [1.54, 1.807) is 12.1 Å². The van der Waals surface area contributed by atoms with Gasteiger partial charge in [0.25, 0.3) is 0 Å². The summed E-state index contributed by atoms with van der Waals surface area (Å²) in [5.41, 5.74) is 7.76. The van der Waals surface area contributed by atoms with Crippen molar-refractivity contribution in [1.82, 2.24) is 5.32 Å². The molecule has 0 saturated heterocycles. The average molecular weight is 240 g/mol. The highest BCUT2D eigenvalue weighted by Crippen LogP contribution is 2.27. The molecule has 1 fully saturated rings. The van der Waals surface area contributed by atoms with Crippen LogP contribution in [0.25, 0.3) is 0 Å². The van der Waals surface area contributed by atoms with Crippen molar-refractivity contribution in [3.8, 4) is 0 Å². The maximum atomic E-state index is 11.5. The van der Waals surface area contributed by atoms with Crippen molar-refractivity contribution in [1.29, 1.82) is 0 Å². The van der Waals surface area contributed by atoms with Crippen LogP contribution in [-0.4, -0.2) is 12.1 Å². The van der Waals surface area contributed by atoms with Crippen LogP contribution in [-0.2, 0) is 0 Å². The lowest BCUT2D eigenvalue weighted by molar-refractivity contribution is 0.251. The molecule has 0 atom stereocenters. The van der Waals surface area contributed by atoms with Crippen LogP contribution in [0.1, 0.15) is 18.4 Å². The molecule has 86 valence electrons. The molecule has 1 aliphatic carbocycles. The zero-order valence-electron chi connectivity index (χ0n) is 9.01. The number of benzene rings is 1. The van der Waals surface area contributed by atoms with E-state index in [4.69, 9.17) is 17.3 Å². The molecule has 16 heavy (non-hydrogen) atoms. The number of carbonyl (C=O) groups excluding carboxylic acids is 1. The number of amides is 2. The van der Waals surface area contributed by atoms with Crippen molar-refractivity contribution in [3.63, 3.8) is 0 Å². The van der Waals surface area contributed by atoms with E-state index in [0.29, 0.717) is 22.4 Å². The average Bonchev–Trinajstić information content (AvgIpc) is 2.98. The maximum absolute atomic E-state index is 11.5. The Labute approximate surface area is 99.2 Å². The van der Waals surface area contributed by atoms with Crippen LogP contribution < -0.4 is 16.4 Å². The number of rotatable bonds is 2. The first-order valence-electron chi connectivity index (χ1n) is 5.19. The Morgan fingerprint density at radius 3 is 2.81 bits per heavy atom. The van der Waals surface area contributed by atoms with Gasteiger partial charge in [-0.15, -0.1) is 0 Å². The quantitative estimate of drug-likeness (QED) is 0.695. The van der Waals surface area contributed by atoms with Crippen LogP contribution in [0.2, 0.25) is 5.02 Å². The summed E-state index contributed by atoms with van der Waals surface area (Å²) in [6, 6.07) is 3.56. The molecule has 4 nitrogen and oxygen atoms in total. The lowest BCUT2D eigenvalue weighted by Gasteiger charge is -2.11. The molecule has 1 aliphatic rings. The van der Waals surface area contributed by atoms with E-state index in [2.05, 4.69) is 10.6 Å². The summed E-state index contributed by atoms with van der Waals surface area (Å²) < 4.78 is 0. The second kappa shape index (κ2) is 4.22. The largest absolute Gasteiger partial charge is 0.398 e. The molecule has 0 spiro atoms.